The molecule has 1 heterocycles. The number of amides is 1. The molecule has 120 valence electrons. The lowest BCUT2D eigenvalue weighted by molar-refractivity contribution is -0.150. The summed E-state index contributed by atoms with van der Waals surface area (Å²) >= 11 is 0. The van der Waals surface area contributed by atoms with Gasteiger partial charge in [0.2, 0.25) is 11.6 Å². The van der Waals surface area contributed by atoms with Crippen LogP contribution in [0.5, 0.6) is 5.75 Å². The maximum absolute atomic E-state index is 13.9. The fraction of sp³-hybridized carbons (Fsp3) is 0.467. The molecule has 1 amide bonds. The van der Waals surface area contributed by atoms with E-state index < -0.39 is 24.0 Å². The van der Waals surface area contributed by atoms with Gasteiger partial charge in [-0.05, 0) is 24.1 Å². The van der Waals surface area contributed by atoms with Crippen molar-refractivity contribution < 1.29 is 28.2 Å². The van der Waals surface area contributed by atoms with Crippen molar-refractivity contribution in [3.63, 3.8) is 0 Å². The molecule has 7 heteroatoms. The van der Waals surface area contributed by atoms with E-state index in [9.17, 15) is 18.4 Å². The van der Waals surface area contributed by atoms with Crippen molar-refractivity contribution in [3.05, 3.63) is 29.6 Å². The van der Waals surface area contributed by atoms with E-state index >= 15 is 0 Å². The molecule has 5 nitrogen and oxygen atoms in total. The molecular weight excluding hydrogens is 296 g/mol. The third kappa shape index (κ3) is 3.35. The van der Waals surface area contributed by atoms with Crippen LogP contribution in [0, 0.1) is 5.82 Å². The minimum Gasteiger partial charge on any atom is -0.494 e. The van der Waals surface area contributed by atoms with Crippen molar-refractivity contribution in [2.45, 2.75) is 24.9 Å². The number of halogens is 2. The normalized spacial score (nSPS) is 21.0. The zero-order valence-corrected chi connectivity index (χ0v) is 12.1. The number of aliphatic carboxylic acids is 1. The van der Waals surface area contributed by atoms with Gasteiger partial charge in [-0.1, -0.05) is 6.07 Å². The second kappa shape index (κ2) is 6.29. The summed E-state index contributed by atoms with van der Waals surface area (Å²) in [5.74, 6) is -2.27. The Hall–Kier alpha value is -2.18. The lowest BCUT2D eigenvalue weighted by Crippen LogP contribution is -2.38. The fourth-order valence-electron chi connectivity index (χ4n) is 2.44. The second-order valence-electron chi connectivity index (χ2n) is 5.30. The number of hydrogen-bond acceptors (Lipinski definition) is 3. The fourth-order valence-corrected chi connectivity index (χ4v) is 2.44. The number of carbonyl (C=O) groups excluding carboxylic acids is 1. The smallest absolute Gasteiger partial charge is 0.343 e. The van der Waals surface area contributed by atoms with Gasteiger partial charge in [0.15, 0.2) is 11.6 Å². The number of hydrogen-bond donors (Lipinski definition) is 1. The number of carboxylic acids is 1. The van der Waals surface area contributed by atoms with E-state index in [0.717, 1.165) is 0 Å². The Bertz CT molecular complexity index is 593. The number of benzene rings is 1. The first-order chi connectivity index (χ1) is 10.4. The Morgan fingerprint density at radius 1 is 1.45 bits per heavy atom. The van der Waals surface area contributed by atoms with Crippen LogP contribution in [-0.2, 0) is 16.0 Å². The molecule has 22 heavy (non-hydrogen) atoms. The Balaban J connectivity index is 1.91. The van der Waals surface area contributed by atoms with Gasteiger partial charge in [-0.15, -0.1) is 0 Å². The summed E-state index contributed by atoms with van der Waals surface area (Å²) in [6, 6.07) is 4.41. The lowest BCUT2D eigenvalue weighted by atomic mass is 10.1. The quantitative estimate of drug-likeness (QED) is 0.900. The van der Waals surface area contributed by atoms with Gasteiger partial charge < -0.3 is 14.7 Å². The van der Waals surface area contributed by atoms with Gasteiger partial charge in [0.1, 0.15) is 0 Å². The molecule has 1 aliphatic rings. The largest absolute Gasteiger partial charge is 0.494 e. The van der Waals surface area contributed by atoms with E-state index in [4.69, 9.17) is 9.84 Å². The Labute approximate surface area is 126 Å². The summed E-state index contributed by atoms with van der Waals surface area (Å²) in [4.78, 5) is 24.0. The summed E-state index contributed by atoms with van der Waals surface area (Å²) in [6.45, 7) is -0.350. The van der Waals surface area contributed by atoms with E-state index in [2.05, 4.69) is 0 Å². The molecule has 0 radical (unpaired) electrons. The molecule has 1 aromatic rings. The van der Waals surface area contributed by atoms with Crippen LogP contribution >= 0.6 is 0 Å². The summed E-state index contributed by atoms with van der Waals surface area (Å²) in [6.07, 6.45) is 0.162. The van der Waals surface area contributed by atoms with Crippen LogP contribution in [0.15, 0.2) is 18.2 Å². The molecule has 1 fully saturated rings. The average molecular weight is 313 g/mol. The minimum atomic E-state index is -2.36. The molecule has 1 aromatic carbocycles. The van der Waals surface area contributed by atoms with Crippen molar-refractivity contribution >= 4 is 11.9 Å². The topological polar surface area (TPSA) is 66.8 Å². The predicted octanol–water partition coefficient (Wildman–Crippen LogP) is 1.79. The molecular formula is C15H17F2NO4. The zero-order chi connectivity index (χ0) is 16.3. The number of aryl methyl sites for hydroxylation is 1. The third-order valence-corrected chi connectivity index (χ3v) is 3.80. The van der Waals surface area contributed by atoms with Gasteiger partial charge in [0, 0.05) is 19.4 Å². The summed E-state index contributed by atoms with van der Waals surface area (Å²) in [7, 11) is 1.36. The van der Waals surface area contributed by atoms with Crippen LogP contribution in [0.1, 0.15) is 18.4 Å². The average Bonchev–Trinajstić information content (AvgIpc) is 2.89. The van der Waals surface area contributed by atoms with Gasteiger partial charge in [0.05, 0.1) is 13.7 Å². The van der Waals surface area contributed by atoms with Crippen LogP contribution in [0.2, 0.25) is 0 Å². The molecule has 1 saturated heterocycles. The van der Waals surface area contributed by atoms with Crippen LogP contribution in [0.25, 0.3) is 0 Å². The van der Waals surface area contributed by atoms with E-state index in [-0.39, 0.29) is 31.0 Å². The molecule has 1 aliphatic heterocycles. The van der Waals surface area contributed by atoms with Gasteiger partial charge >= 0.3 is 5.97 Å². The first kappa shape index (κ1) is 16.2. The number of carboxylic acid groups (broad SMARTS) is 1. The molecule has 0 spiro atoms. The highest BCUT2D eigenvalue weighted by atomic mass is 19.1. The summed E-state index contributed by atoms with van der Waals surface area (Å²) in [5, 5.41) is 8.79. The molecule has 0 aliphatic carbocycles. The highest BCUT2D eigenvalue weighted by Crippen LogP contribution is 2.26. The molecule has 0 bridgehead atoms. The zero-order valence-electron chi connectivity index (χ0n) is 12.1. The van der Waals surface area contributed by atoms with Crippen molar-refractivity contribution in [1.82, 2.24) is 4.90 Å². The van der Waals surface area contributed by atoms with Crippen LogP contribution < -0.4 is 4.74 Å². The molecule has 0 saturated carbocycles. The number of likely N-dealkylation sites (tertiary alicyclic amines) is 1. The second-order valence-corrected chi connectivity index (χ2v) is 5.30. The number of methoxy groups -OCH3 is 1. The van der Waals surface area contributed by atoms with Crippen LogP contribution in [0.4, 0.5) is 8.78 Å². The van der Waals surface area contributed by atoms with E-state index in [1.54, 1.807) is 6.07 Å². The van der Waals surface area contributed by atoms with E-state index in [1.807, 2.05) is 0 Å². The lowest BCUT2D eigenvalue weighted by Gasteiger charge is -2.17. The maximum atomic E-state index is 13.9. The Kier molecular flexibility index (Phi) is 4.63. The van der Waals surface area contributed by atoms with E-state index in [0.29, 0.717) is 12.0 Å². The van der Waals surface area contributed by atoms with Gasteiger partial charge in [-0.2, -0.15) is 0 Å². The summed E-state index contributed by atoms with van der Waals surface area (Å²) < 4.78 is 32.2. The number of carbonyl (C=O) groups is 2. The SMILES string of the molecule is COc1ccc(CCC(=O)N2CCC(F)(C(=O)O)C2)cc1F. The highest BCUT2D eigenvalue weighted by molar-refractivity contribution is 5.82. The van der Waals surface area contributed by atoms with Crippen molar-refractivity contribution in [2.24, 2.45) is 0 Å². The molecule has 1 unspecified atom stereocenters. The monoisotopic (exact) mass is 313 g/mol. The molecule has 2 rings (SSSR count). The molecule has 0 aromatic heterocycles. The van der Waals surface area contributed by atoms with Gasteiger partial charge in [-0.25, -0.2) is 13.6 Å². The Morgan fingerprint density at radius 3 is 2.73 bits per heavy atom. The third-order valence-electron chi connectivity index (χ3n) is 3.80. The van der Waals surface area contributed by atoms with E-state index in [1.165, 1.54) is 24.1 Å². The predicted molar refractivity (Wildman–Crippen MR) is 73.9 cm³/mol. The first-order valence-corrected chi connectivity index (χ1v) is 6.88. The number of ether oxygens (including phenoxy) is 1. The van der Waals surface area contributed by atoms with Crippen molar-refractivity contribution in [1.29, 1.82) is 0 Å². The first-order valence-electron chi connectivity index (χ1n) is 6.88. The Morgan fingerprint density at radius 2 is 2.18 bits per heavy atom. The van der Waals surface area contributed by atoms with Crippen LogP contribution in [-0.4, -0.2) is 47.8 Å². The molecule has 1 atom stereocenters. The van der Waals surface area contributed by atoms with Crippen molar-refractivity contribution in [3.8, 4) is 5.75 Å². The highest BCUT2D eigenvalue weighted by Gasteiger charge is 2.46. The number of alkyl halides is 1. The summed E-state index contributed by atoms with van der Waals surface area (Å²) in [5.41, 5.74) is -1.74. The van der Waals surface area contributed by atoms with Gasteiger partial charge in [0.25, 0.3) is 0 Å². The standard InChI is InChI=1S/C15H17F2NO4/c1-22-12-4-2-10(8-11(12)16)3-5-13(19)18-7-6-15(17,9-18)14(20)21/h2,4,8H,3,5-7,9H2,1H3,(H,20,21). The number of rotatable bonds is 5. The molecule has 1 N–H and O–H groups in total. The minimum absolute atomic E-state index is 0.0709. The maximum Gasteiger partial charge on any atom is 0.343 e. The van der Waals surface area contributed by atoms with Crippen LogP contribution in [0.3, 0.4) is 0 Å². The van der Waals surface area contributed by atoms with Gasteiger partial charge in [-0.3, -0.25) is 4.79 Å². The van der Waals surface area contributed by atoms with Crippen molar-refractivity contribution in [2.75, 3.05) is 20.2 Å². The number of nitrogens with zero attached hydrogens (tertiary/aromatic N) is 1.